The Bertz CT molecular complexity index is 601. The Morgan fingerprint density at radius 2 is 2.32 bits per heavy atom. The van der Waals surface area contributed by atoms with Gasteiger partial charge in [0.25, 0.3) is 0 Å². The van der Waals surface area contributed by atoms with Gasteiger partial charge in [0.2, 0.25) is 5.89 Å². The van der Waals surface area contributed by atoms with Gasteiger partial charge in [-0.05, 0) is 18.6 Å². The number of fused-ring (bicyclic) bond motifs is 1. The number of oxazole rings is 1. The number of rotatable bonds is 3. The molecule has 1 aliphatic rings. The van der Waals surface area contributed by atoms with Crippen molar-refractivity contribution in [3.8, 4) is 0 Å². The number of aromatic nitrogens is 1. The van der Waals surface area contributed by atoms with E-state index in [1.807, 2.05) is 4.90 Å². The predicted octanol–water partition coefficient (Wildman–Crippen LogP) is 1.87. The normalized spacial score (nSPS) is 24.4. The average Bonchev–Trinajstić information content (AvgIpc) is 2.93. The van der Waals surface area contributed by atoms with Gasteiger partial charge >= 0.3 is 0 Å². The summed E-state index contributed by atoms with van der Waals surface area (Å²) in [6, 6.07) is 4.15. The molecule has 2 aromatic rings. The quantitative estimate of drug-likeness (QED) is 0.923. The first-order chi connectivity index (χ1) is 9.08. The van der Waals surface area contributed by atoms with Crippen molar-refractivity contribution in [2.24, 2.45) is 0 Å². The van der Waals surface area contributed by atoms with Gasteiger partial charge in [0, 0.05) is 19.2 Å². The molecule has 3 rings (SSSR count). The number of likely N-dealkylation sites (tertiary alicyclic amines) is 1. The molecule has 19 heavy (non-hydrogen) atoms. The van der Waals surface area contributed by atoms with E-state index in [2.05, 4.69) is 4.98 Å². The maximum Gasteiger partial charge on any atom is 0.209 e. The number of hydrogen-bond donors (Lipinski definition) is 1. The topological polar surface area (TPSA) is 49.5 Å². The Kier molecular flexibility index (Phi) is 2.99. The van der Waals surface area contributed by atoms with Crippen LogP contribution in [0.1, 0.15) is 12.3 Å². The van der Waals surface area contributed by atoms with Gasteiger partial charge in [0.1, 0.15) is 17.0 Å². The van der Waals surface area contributed by atoms with Crippen LogP contribution in [0.3, 0.4) is 0 Å². The van der Waals surface area contributed by atoms with Crippen LogP contribution < -0.4 is 0 Å². The van der Waals surface area contributed by atoms with Crippen molar-refractivity contribution in [3.05, 3.63) is 29.9 Å². The molecule has 0 radical (unpaired) electrons. The molecular weight excluding hydrogens is 254 g/mol. The van der Waals surface area contributed by atoms with Crippen LogP contribution in [0.5, 0.6) is 0 Å². The van der Waals surface area contributed by atoms with Crippen molar-refractivity contribution in [1.82, 2.24) is 9.88 Å². The van der Waals surface area contributed by atoms with Gasteiger partial charge in [-0.25, -0.2) is 13.8 Å². The zero-order valence-electron chi connectivity index (χ0n) is 10.3. The van der Waals surface area contributed by atoms with Crippen LogP contribution in [0, 0.1) is 5.82 Å². The highest BCUT2D eigenvalue weighted by atomic mass is 19.1. The van der Waals surface area contributed by atoms with E-state index >= 15 is 0 Å². The molecular formula is C13H14F2N2O2. The molecule has 1 atom stereocenters. The number of alkyl halides is 1. The summed E-state index contributed by atoms with van der Waals surface area (Å²) in [6.45, 7) is 0.602. The minimum atomic E-state index is -1.53. The number of benzene rings is 1. The zero-order chi connectivity index (χ0) is 13.5. The standard InChI is InChI=1S/C13H14F2N2O2/c14-9-1-2-10-11(5-9)19-12(16-10)6-17-4-3-13(15,7-17)8-18/h1-2,5,18H,3-4,6-8H2. The van der Waals surface area contributed by atoms with E-state index in [-0.39, 0.29) is 12.4 Å². The molecule has 0 spiro atoms. The highest BCUT2D eigenvalue weighted by Crippen LogP contribution is 2.27. The summed E-state index contributed by atoms with van der Waals surface area (Å²) in [5, 5.41) is 8.97. The first-order valence-electron chi connectivity index (χ1n) is 6.15. The van der Waals surface area contributed by atoms with Crippen molar-refractivity contribution in [2.75, 3.05) is 19.7 Å². The average molecular weight is 268 g/mol. The molecule has 1 unspecified atom stereocenters. The molecule has 4 nitrogen and oxygen atoms in total. The molecule has 1 aromatic carbocycles. The number of hydrogen-bond acceptors (Lipinski definition) is 4. The lowest BCUT2D eigenvalue weighted by molar-refractivity contribution is 0.0759. The summed E-state index contributed by atoms with van der Waals surface area (Å²) in [6.07, 6.45) is 0.304. The smallest absolute Gasteiger partial charge is 0.209 e. The SMILES string of the molecule is OCC1(F)CCN(Cc2nc3ccc(F)cc3o2)C1. The van der Waals surface area contributed by atoms with Crippen LogP contribution in [0.25, 0.3) is 11.1 Å². The van der Waals surface area contributed by atoms with Crippen LogP contribution >= 0.6 is 0 Å². The second kappa shape index (κ2) is 4.54. The second-order valence-corrected chi connectivity index (χ2v) is 4.99. The Morgan fingerprint density at radius 3 is 3.05 bits per heavy atom. The van der Waals surface area contributed by atoms with E-state index in [1.54, 1.807) is 6.07 Å². The molecule has 1 N–H and O–H groups in total. The number of aliphatic hydroxyl groups is 1. The van der Waals surface area contributed by atoms with E-state index in [0.717, 1.165) is 0 Å². The fourth-order valence-electron chi connectivity index (χ4n) is 2.39. The number of aliphatic hydroxyl groups excluding tert-OH is 1. The van der Waals surface area contributed by atoms with Crippen molar-refractivity contribution in [3.63, 3.8) is 0 Å². The molecule has 102 valence electrons. The van der Waals surface area contributed by atoms with E-state index in [9.17, 15) is 8.78 Å². The highest BCUT2D eigenvalue weighted by Gasteiger charge is 2.38. The van der Waals surface area contributed by atoms with Gasteiger partial charge in [-0.1, -0.05) is 0 Å². The molecule has 1 saturated heterocycles. The molecule has 1 fully saturated rings. The van der Waals surface area contributed by atoms with Gasteiger partial charge in [0.15, 0.2) is 5.58 Å². The minimum absolute atomic E-state index is 0.163. The summed E-state index contributed by atoms with van der Waals surface area (Å²) in [5.74, 6) is 0.0576. The first-order valence-corrected chi connectivity index (χ1v) is 6.15. The van der Waals surface area contributed by atoms with E-state index in [4.69, 9.17) is 9.52 Å². The second-order valence-electron chi connectivity index (χ2n) is 4.99. The monoisotopic (exact) mass is 268 g/mol. The highest BCUT2D eigenvalue weighted by molar-refractivity contribution is 5.72. The molecule has 0 aliphatic carbocycles. The fraction of sp³-hybridized carbons (Fsp3) is 0.462. The van der Waals surface area contributed by atoms with Crippen LogP contribution in [0.15, 0.2) is 22.6 Å². The molecule has 6 heteroatoms. The molecule has 1 aliphatic heterocycles. The maximum absolute atomic E-state index is 13.9. The van der Waals surface area contributed by atoms with Crippen LogP contribution in [0.4, 0.5) is 8.78 Å². The number of halogens is 2. The van der Waals surface area contributed by atoms with E-state index < -0.39 is 12.3 Å². The summed E-state index contributed by atoms with van der Waals surface area (Å²) in [4.78, 5) is 6.06. The fourth-order valence-corrected chi connectivity index (χ4v) is 2.39. The summed E-state index contributed by atoms with van der Waals surface area (Å²) < 4.78 is 32.3. The van der Waals surface area contributed by atoms with Gasteiger partial charge in [-0.3, -0.25) is 4.90 Å². The zero-order valence-corrected chi connectivity index (χ0v) is 10.3. The summed E-state index contributed by atoms with van der Waals surface area (Å²) >= 11 is 0. The lowest BCUT2D eigenvalue weighted by atomic mass is 10.1. The Hall–Kier alpha value is -1.53. The van der Waals surface area contributed by atoms with Crippen LogP contribution in [0.2, 0.25) is 0 Å². The molecule has 0 saturated carbocycles. The number of nitrogens with zero attached hydrogens (tertiary/aromatic N) is 2. The van der Waals surface area contributed by atoms with Gasteiger partial charge < -0.3 is 9.52 Å². The molecule has 0 bridgehead atoms. The van der Waals surface area contributed by atoms with Crippen molar-refractivity contribution >= 4 is 11.1 Å². The molecule has 1 aromatic heterocycles. The van der Waals surface area contributed by atoms with Gasteiger partial charge in [0.05, 0.1) is 13.2 Å². The predicted molar refractivity (Wildman–Crippen MR) is 64.8 cm³/mol. The third-order valence-electron chi connectivity index (χ3n) is 3.42. The lowest BCUT2D eigenvalue weighted by Gasteiger charge is -2.17. The largest absolute Gasteiger partial charge is 0.439 e. The molecule has 0 amide bonds. The van der Waals surface area contributed by atoms with Gasteiger partial charge in [-0.15, -0.1) is 0 Å². The summed E-state index contributed by atoms with van der Waals surface area (Å²) in [5.41, 5.74) is -0.551. The van der Waals surface area contributed by atoms with Crippen molar-refractivity contribution < 1.29 is 18.3 Å². The van der Waals surface area contributed by atoms with Gasteiger partial charge in [-0.2, -0.15) is 0 Å². The van der Waals surface area contributed by atoms with Crippen molar-refractivity contribution in [1.29, 1.82) is 0 Å². The third-order valence-corrected chi connectivity index (χ3v) is 3.42. The van der Waals surface area contributed by atoms with Crippen molar-refractivity contribution in [2.45, 2.75) is 18.6 Å². The first kappa shape index (κ1) is 12.5. The lowest BCUT2D eigenvalue weighted by Crippen LogP contribution is -2.32. The summed E-state index contributed by atoms with van der Waals surface area (Å²) in [7, 11) is 0. The molecule has 2 heterocycles. The van der Waals surface area contributed by atoms with Crippen LogP contribution in [-0.2, 0) is 6.54 Å². The Labute approximate surface area is 108 Å². The maximum atomic E-state index is 13.9. The Morgan fingerprint density at radius 1 is 1.47 bits per heavy atom. The van der Waals surface area contributed by atoms with E-state index in [0.29, 0.717) is 36.5 Å². The van der Waals surface area contributed by atoms with E-state index in [1.165, 1.54) is 12.1 Å². The third kappa shape index (κ3) is 2.46. The Balaban J connectivity index is 1.75. The van der Waals surface area contributed by atoms with Crippen LogP contribution in [-0.4, -0.2) is 40.4 Å². The minimum Gasteiger partial charge on any atom is -0.439 e.